The highest BCUT2D eigenvalue weighted by Crippen LogP contribution is 2.25. The molecule has 4 heteroatoms. The standard InChI is InChI=1S/C12H18ClN3/c1-3-4-10-5-6-16(8-10)11-7-9(2)14-12(13)15-11/h7,10H,3-6,8H2,1-2H3. The minimum atomic E-state index is 0.356. The van der Waals surface area contributed by atoms with Crippen molar-refractivity contribution in [2.75, 3.05) is 18.0 Å². The molecule has 3 nitrogen and oxygen atoms in total. The number of aromatic nitrogens is 2. The number of halogens is 1. The van der Waals surface area contributed by atoms with Gasteiger partial charge in [0.05, 0.1) is 0 Å². The van der Waals surface area contributed by atoms with E-state index in [0.29, 0.717) is 5.28 Å². The van der Waals surface area contributed by atoms with Gasteiger partial charge in [0.25, 0.3) is 0 Å². The Morgan fingerprint density at radius 3 is 3.00 bits per heavy atom. The first-order valence-corrected chi connectivity index (χ1v) is 6.33. The van der Waals surface area contributed by atoms with Crippen LogP contribution in [-0.4, -0.2) is 23.1 Å². The summed E-state index contributed by atoms with van der Waals surface area (Å²) in [5.74, 6) is 1.80. The summed E-state index contributed by atoms with van der Waals surface area (Å²) in [5.41, 5.74) is 0.939. The summed E-state index contributed by atoms with van der Waals surface area (Å²) in [7, 11) is 0. The Balaban J connectivity index is 2.08. The second-order valence-electron chi connectivity index (χ2n) is 4.53. The van der Waals surface area contributed by atoms with E-state index in [1.165, 1.54) is 19.3 Å². The zero-order valence-electron chi connectivity index (χ0n) is 9.91. The average Bonchev–Trinajstić information content (AvgIpc) is 2.65. The number of anilines is 1. The lowest BCUT2D eigenvalue weighted by Gasteiger charge is -2.17. The van der Waals surface area contributed by atoms with Gasteiger partial charge in [-0.05, 0) is 37.3 Å². The van der Waals surface area contributed by atoms with Crippen molar-refractivity contribution in [2.24, 2.45) is 5.92 Å². The maximum absolute atomic E-state index is 5.88. The van der Waals surface area contributed by atoms with Crippen LogP contribution >= 0.6 is 11.6 Å². The molecule has 0 N–H and O–H groups in total. The fourth-order valence-electron chi connectivity index (χ4n) is 2.36. The number of rotatable bonds is 3. The van der Waals surface area contributed by atoms with E-state index in [1.807, 2.05) is 13.0 Å². The third-order valence-corrected chi connectivity index (χ3v) is 3.29. The molecular formula is C12H18ClN3. The molecule has 0 aliphatic carbocycles. The van der Waals surface area contributed by atoms with Crippen LogP contribution in [0.5, 0.6) is 0 Å². The van der Waals surface area contributed by atoms with Gasteiger partial charge in [-0.2, -0.15) is 0 Å². The van der Waals surface area contributed by atoms with Gasteiger partial charge in [0.15, 0.2) is 0 Å². The molecule has 2 heterocycles. The van der Waals surface area contributed by atoms with Crippen LogP contribution < -0.4 is 4.90 Å². The quantitative estimate of drug-likeness (QED) is 0.760. The van der Waals surface area contributed by atoms with E-state index in [4.69, 9.17) is 11.6 Å². The van der Waals surface area contributed by atoms with Crippen LogP contribution in [0.15, 0.2) is 6.07 Å². The first kappa shape index (κ1) is 11.6. The van der Waals surface area contributed by atoms with Gasteiger partial charge in [0, 0.05) is 24.8 Å². The Kier molecular flexibility index (Phi) is 3.64. The van der Waals surface area contributed by atoms with Crippen molar-refractivity contribution in [1.82, 2.24) is 9.97 Å². The smallest absolute Gasteiger partial charge is 0.224 e. The molecule has 0 saturated carbocycles. The minimum absolute atomic E-state index is 0.356. The van der Waals surface area contributed by atoms with Crippen LogP contribution in [0.4, 0.5) is 5.82 Å². The summed E-state index contributed by atoms with van der Waals surface area (Å²) in [6.07, 6.45) is 3.85. The van der Waals surface area contributed by atoms with Gasteiger partial charge < -0.3 is 4.90 Å². The molecule has 16 heavy (non-hydrogen) atoms. The van der Waals surface area contributed by atoms with Crippen molar-refractivity contribution >= 4 is 17.4 Å². The molecule has 0 amide bonds. The summed E-state index contributed by atoms with van der Waals surface area (Å²) >= 11 is 5.88. The fraction of sp³-hybridized carbons (Fsp3) is 0.667. The molecule has 88 valence electrons. The van der Waals surface area contributed by atoms with Crippen LogP contribution in [0.1, 0.15) is 31.9 Å². The van der Waals surface area contributed by atoms with Crippen LogP contribution in [0.3, 0.4) is 0 Å². The van der Waals surface area contributed by atoms with Crippen LogP contribution in [0, 0.1) is 12.8 Å². The van der Waals surface area contributed by atoms with E-state index in [2.05, 4.69) is 21.8 Å². The summed E-state index contributed by atoms with van der Waals surface area (Å²) < 4.78 is 0. The second-order valence-corrected chi connectivity index (χ2v) is 4.86. The lowest BCUT2D eigenvalue weighted by atomic mass is 10.0. The molecular weight excluding hydrogens is 222 g/mol. The van der Waals surface area contributed by atoms with Gasteiger partial charge >= 0.3 is 0 Å². The minimum Gasteiger partial charge on any atom is -0.356 e. The lowest BCUT2D eigenvalue weighted by molar-refractivity contribution is 0.529. The Morgan fingerprint density at radius 1 is 1.50 bits per heavy atom. The van der Waals surface area contributed by atoms with Crippen molar-refractivity contribution in [2.45, 2.75) is 33.1 Å². The first-order chi connectivity index (χ1) is 7.69. The Labute approximate surface area is 102 Å². The molecule has 1 fully saturated rings. The Morgan fingerprint density at radius 2 is 2.31 bits per heavy atom. The molecule has 1 saturated heterocycles. The molecule has 1 aliphatic heterocycles. The maximum atomic E-state index is 5.88. The fourth-order valence-corrected chi connectivity index (χ4v) is 2.58. The zero-order chi connectivity index (χ0) is 11.5. The summed E-state index contributed by atoms with van der Waals surface area (Å²) in [4.78, 5) is 10.7. The second kappa shape index (κ2) is 5.00. The molecule has 1 aliphatic rings. The van der Waals surface area contributed by atoms with Crippen molar-refractivity contribution in [3.63, 3.8) is 0 Å². The largest absolute Gasteiger partial charge is 0.356 e. The third-order valence-electron chi connectivity index (χ3n) is 3.12. The van der Waals surface area contributed by atoms with Crippen molar-refractivity contribution in [3.8, 4) is 0 Å². The average molecular weight is 240 g/mol. The van der Waals surface area contributed by atoms with Gasteiger partial charge in [-0.15, -0.1) is 0 Å². The van der Waals surface area contributed by atoms with Crippen LogP contribution in [0.2, 0.25) is 5.28 Å². The highest BCUT2D eigenvalue weighted by molar-refractivity contribution is 6.28. The Hall–Kier alpha value is -0.830. The molecule has 0 bridgehead atoms. The number of nitrogens with zero attached hydrogens (tertiary/aromatic N) is 3. The van der Waals surface area contributed by atoms with Crippen molar-refractivity contribution in [1.29, 1.82) is 0 Å². The highest BCUT2D eigenvalue weighted by atomic mass is 35.5. The third kappa shape index (κ3) is 2.64. The normalized spacial score (nSPS) is 20.4. The number of hydrogen-bond donors (Lipinski definition) is 0. The van der Waals surface area contributed by atoms with E-state index in [0.717, 1.165) is 30.5 Å². The van der Waals surface area contributed by atoms with E-state index in [-0.39, 0.29) is 0 Å². The molecule has 0 radical (unpaired) electrons. The Bertz CT molecular complexity index is 347. The van der Waals surface area contributed by atoms with Crippen LogP contribution in [-0.2, 0) is 0 Å². The van der Waals surface area contributed by atoms with Gasteiger partial charge in [0.2, 0.25) is 5.28 Å². The van der Waals surface area contributed by atoms with E-state index >= 15 is 0 Å². The van der Waals surface area contributed by atoms with Crippen LogP contribution in [0.25, 0.3) is 0 Å². The maximum Gasteiger partial charge on any atom is 0.224 e. The van der Waals surface area contributed by atoms with E-state index < -0.39 is 0 Å². The molecule has 0 aromatic carbocycles. The zero-order valence-corrected chi connectivity index (χ0v) is 10.7. The van der Waals surface area contributed by atoms with Gasteiger partial charge in [0.1, 0.15) is 5.82 Å². The predicted octanol–water partition coefficient (Wildman–Crippen LogP) is 3.06. The van der Waals surface area contributed by atoms with Gasteiger partial charge in [-0.25, -0.2) is 9.97 Å². The first-order valence-electron chi connectivity index (χ1n) is 5.95. The predicted molar refractivity (Wildman–Crippen MR) is 67.0 cm³/mol. The molecule has 1 unspecified atom stereocenters. The summed E-state index contributed by atoms with van der Waals surface area (Å²) in [6, 6.07) is 2.01. The number of hydrogen-bond acceptors (Lipinski definition) is 3. The monoisotopic (exact) mass is 239 g/mol. The summed E-state index contributed by atoms with van der Waals surface area (Å²) in [5, 5.41) is 0.356. The topological polar surface area (TPSA) is 29.0 Å². The van der Waals surface area contributed by atoms with Gasteiger partial charge in [-0.3, -0.25) is 0 Å². The number of aryl methyl sites for hydroxylation is 1. The molecule has 1 aromatic rings. The SMILES string of the molecule is CCCC1CCN(c2cc(C)nc(Cl)n2)C1. The highest BCUT2D eigenvalue weighted by Gasteiger charge is 2.23. The van der Waals surface area contributed by atoms with Gasteiger partial charge in [-0.1, -0.05) is 13.3 Å². The molecule has 0 spiro atoms. The van der Waals surface area contributed by atoms with E-state index in [9.17, 15) is 0 Å². The molecule has 1 atom stereocenters. The molecule has 2 rings (SSSR count). The summed E-state index contributed by atoms with van der Waals surface area (Å²) in [6.45, 7) is 6.41. The van der Waals surface area contributed by atoms with Crippen molar-refractivity contribution in [3.05, 3.63) is 17.0 Å². The lowest BCUT2D eigenvalue weighted by Crippen LogP contribution is -2.21. The molecule has 1 aromatic heterocycles. The van der Waals surface area contributed by atoms with Crippen molar-refractivity contribution < 1.29 is 0 Å². The van der Waals surface area contributed by atoms with E-state index in [1.54, 1.807) is 0 Å².